The highest BCUT2D eigenvalue weighted by Gasteiger charge is 2.03. The van der Waals surface area contributed by atoms with Crippen molar-refractivity contribution in [3.05, 3.63) is 52.7 Å². The number of benzene rings is 1. The van der Waals surface area contributed by atoms with E-state index >= 15 is 0 Å². The van der Waals surface area contributed by atoms with E-state index in [1.165, 1.54) is 0 Å². The van der Waals surface area contributed by atoms with Crippen LogP contribution in [0, 0.1) is 6.92 Å². The number of anilines is 1. The molecule has 1 aromatic heterocycles. The van der Waals surface area contributed by atoms with Crippen LogP contribution in [0.5, 0.6) is 5.88 Å². The summed E-state index contributed by atoms with van der Waals surface area (Å²) in [4.78, 5) is 4.13. The van der Waals surface area contributed by atoms with Gasteiger partial charge in [-0.2, -0.15) is 0 Å². The number of hydrogen-bond acceptors (Lipinski definition) is 3. The Bertz CT molecular complexity index is 543. The molecule has 0 saturated carbocycles. The van der Waals surface area contributed by atoms with Gasteiger partial charge in [-0.15, -0.1) is 0 Å². The molecule has 0 aliphatic carbocycles. The number of aromatic nitrogens is 1. The molecular formula is C14H15ClN2O. The highest BCUT2D eigenvalue weighted by molar-refractivity contribution is 6.31. The van der Waals surface area contributed by atoms with E-state index in [0.29, 0.717) is 12.4 Å². The molecule has 0 fully saturated rings. The Morgan fingerprint density at radius 3 is 2.89 bits per heavy atom. The molecule has 94 valence electrons. The summed E-state index contributed by atoms with van der Waals surface area (Å²) in [5.41, 5.74) is 3.08. The van der Waals surface area contributed by atoms with Crippen LogP contribution in [0.3, 0.4) is 0 Å². The van der Waals surface area contributed by atoms with E-state index in [0.717, 1.165) is 21.8 Å². The Labute approximate surface area is 112 Å². The highest BCUT2D eigenvalue weighted by Crippen LogP contribution is 2.22. The second-order valence-corrected chi connectivity index (χ2v) is 4.40. The predicted octanol–water partition coefficient (Wildman–Crippen LogP) is 3.66. The number of methoxy groups -OCH3 is 1. The molecule has 0 unspecified atom stereocenters. The quantitative estimate of drug-likeness (QED) is 0.913. The van der Waals surface area contributed by atoms with E-state index in [-0.39, 0.29) is 0 Å². The van der Waals surface area contributed by atoms with Gasteiger partial charge in [0.15, 0.2) is 0 Å². The first kappa shape index (κ1) is 12.7. The average molecular weight is 263 g/mol. The third kappa shape index (κ3) is 2.93. The molecule has 0 spiro atoms. The van der Waals surface area contributed by atoms with Crippen molar-refractivity contribution in [3.63, 3.8) is 0 Å². The highest BCUT2D eigenvalue weighted by atomic mass is 35.5. The lowest BCUT2D eigenvalue weighted by molar-refractivity contribution is 0.399. The van der Waals surface area contributed by atoms with E-state index in [4.69, 9.17) is 16.3 Å². The van der Waals surface area contributed by atoms with Crippen LogP contribution >= 0.6 is 11.6 Å². The molecule has 2 rings (SSSR count). The molecule has 0 atom stereocenters. The van der Waals surface area contributed by atoms with Gasteiger partial charge in [-0.25, -0.2) is 4.98 Å². The molecule has 0 amide bonds. The monoisotopic (exact) mass is 262 g/mol. The Morgan fingerprint density at radius 2 is 2.17 bits per heavy atom. The van der Waals surface area contributed by atoms with Crippen molar-refractivity contribution < 1.29 is 4.74 Å². The maximum atomic E-state index is 6.09. The van der Waals surface area contributed by atoms with Crippen LogP contribution in [0.15, 0.2) is 36.5 Å². The standard InChI is InChI=1S/C14H15ClN2O/c1-10-5-6-11(8-12(10)15)9-17-13-4-3-7-16-14(13)18-2/h3-8,17H,9H2,1-2H3. The lowest BCUT2D eigenvalue weighted by Crippen LogP contribution is -2.02. The minimum atomic E-state index is 0.593. The fourth-order valence-electron chi connectivity index (χ4n) is 1.63. The van der Waals surface area contributed by atoms with Crippen LogP contribution < -0.4 is 10.1 Å². The lowest BCUT2D eigenvalue weighted by Gasteiger charge is -2.10. The van der Waals surface area contributed by atoms with Crippen LogP contribution in [0.4, 0.5) is 5.69 Å². The van der Waals surface area contributed by atoms with E-state index < -0.39 is 0 Å². The van der Waals surface area contributed by atoms with Crippen LogP contribution in [-0.4, -0.2) is 12.1 Å². The molecule has 3 nitrogen and oxygen atoms in total. The second kappa shape index (κ2) is 5.74. The fraction of sp³-hybridized carbons (Fsp3) is 0.214. The minimum absolute atomic E-state index is 0.593. The molecule has 0 saturated heterocycles. The van der Waals surface area contributed by atoms with Crippen molar-refractivity contribution in [2.45, 2.75) is 13.5 Å². The third-order valence-corrected chi connectivity index (χ3v) is 3.09. The van der Waals surface area contributed by atoms with E-state index in [1.54, 1.807) is 13.3 Å². The second-order valence-electron chi connectivity index (χ2n) is 4.00. The molecule has 1 aromatic carbocycles. The Kier molecular flexibility index (Phi) is 4.05. The van der Waals surface area contributed by atoms with Crippen LogP contribution in [0.25, 0.3) is 0 Å². The largest absolute Gasteiger partial charge is 0.480 e. The third-order valence-electron chi connectivity index (χ3n) is 2.68. The molecule has 1 N–H and O–H groups in total. The molecule has 0 aliphatic heterocycles. The maximum absolute atomic E-state index is 6.09. The first-order valence-corrected chi connectivity index (χ1v) is 6.06. The summed E-state index contributed by atoms with van der Waals surface area (Å²) in [5, 5.41) is 4.07. The molecule has 0 bridgehead atoms. The number of halogens is 1. The lowest BCUT2D eigenvalue weighted by atomic mass is 10.1. The van der Waals surface area contributed by atoms with Crippen LogP contribution in [0.1, 0.15) is 11.1 Å². The normalized spacial score (nSPS) is 10.2. The number of rotatable bonds is 4. The molecule has 4 heteroatoms. The number of hydrogen-bond donors (Lipinski definition) is 1. The molecule has 0 radical (unpaired) electrons. The predicted molar refractivity (Wildman–Crippen MR) is 74.3 cm³/mol. The van der Waals surface area contributed by atoms with Gasteiger partial charge in [-0.3, -0.25) is 0 Å². The number of ether oxygens (including phenoxy) is 1. The van der Waals surface area contributed by atoms with E-state index in [2.05, 4.69) is 16.4 Å². The van der Waals surface area contributed by atoms with E-state index in [9.17, 15) is 0 Å². The van der Waals surface area contributed by atoms with Crippen molar-refractivity contribution in [2.24, 2.45) is 0 Å². The van der Waals surface area contributed by atoms with Crippen molar-refractivity contribution in [1.29, 1.82) is 0 Å². The summed E-state index contributed by atoms with van der Waals surface area (Å²) < 4.78 is 5.18. The summed E-state index contributed by atoms with van der Waals surface area (Å²) in [6.07, 6.45) is 1.70. The van der Waals surface area contributed by atoms with Gasteiger partial charge in [0.25, 0.3) is 0 Å². The molecule has 2 aromatic rings. The first-order valence-electron chi connectivity index (χ1n) is 5.68. The maximum Gasteiger partial charge on any atom is 0.237 e. The fourth-order valence-corrected chi connectivity index (χ4v) is 1.83. The van der Waals surface area contributed by atoms with Gasteiger partial charge >= 0.3 is 0 Å². The van der Waals surface area contributed by atoms with Crippen molar-refractivity contribution in [1.82, 2.24) is 4.98 Å². The zero-order valence-corrected chi connectivity index (χ0v) is 11.2. The zero-order valence-electron chi connectivity index (χ0n) is 10.4. The summed E-state index contributed by atoms with van der Waals surface area (Å²) in [6.45, 7) is 2.67. The Hall–Kier alpha value is -1.74. The van der Waals surface area contributed by atoms with Crippen molar-refractivity contribution >= 4 is 17.3 Å². The van der Waals surface area contributed by atoms with Gasteiger partial charge in [-0.1, -0.05) is 23.7 Å². The summed E-state index contributed by atoms with van der Waals surface area (Å²) in [6, 6.07) is 9.83. The van der Waals surface area contributed by atoms with Gasteiger partial charge in [-0.05, 0) is 36.2 Å². The SMILES string of the molecule is COc1ncccc1NCc1ccc(C)c(Cl)c1. The number of nitrogens with one attached hydrogen (secondary N) is 1. The first-order chi connectivity index (χ1) is 8.70. The number of aryl methyl sites for hydroxylation is 1. The van der Waals surface area contributed by atoms with Gasteiger partial charge in [0, 0.05) is 17.8 Å². The zero-order chi connectivity index (χ0) is 13.0. The summed E-state index contributed by atoms with van der Waals surface area (Å²) in [7, 11) is 1.61. The van der Waals surface area contributed by atoms with Crippen LogP contribution in [0.2, 0.25) is 5.02 Å². The van der Waals surface area contributed by atoms with Crippen molar-refractivity contribution in [2.75, 3.05) is 12.4 Å². The summed E-state index contributed by atoms with van der Waals surface area (Å²) >= 11 is 6.09. The summed E-state index contributed by atoms with van der Waals surface area (Å²) in [5.74, 6) is 0.593. The molecular weight excluding hydrogens is 248 g/mol. The molecule has 18 heavy (non-hydrogen) atoms. The number of pyridine rings is 1. The van der Waals surface area contributed by atoms with Gasteiger partial charge in [0.05, 0.1) is 12.8 Å². The van der Waals surface area contributed by atoms with Gasteiger partial charge in [0.1, 0.15) is 0 Å². The topological polar surface area (TPSA) is 34.1 Å². The smallest absolute Gasteiger partial charge is 0.237 e. The Balaban J connectivity index is 2.09. The van der Waals surface area contributed by atoms with Gasteiger partial charge < -0.3 is 10.1 Å². The van der Waals surface area contributed by atoms with Gasteiger partial charge in [0.2, 0.25) is 5.88 Å². The number of nitrogens with zero attached hydrogens (tertiary/aromatic N) is 1. The van der Waals surface area contributed by atoms with Crippen LogP contribution in [-0.2, 0) is 6.54 Å². The minimum Gasteiger partial charge on any atom is -0.480 e. The van der Waals surface area contributed by atoms with Crippen molar-refractivity contribution in [3.8, 4) is 5.88 Å². The average Bonchev–Trinajstić information content (AvgIpc) is 2.40. The van der Waals surface area contributed by atoms with E-state index in [1.807, 2.05) is 31.2 Å². The Morgan fingerprint density at radius 1 is 1.33 bits per heavy atom. The molecule has 0 aliphatic rings. The molecule has 1 heterocycles.